The molecule has 2 aromatic carbocycles. The van der Waals surface area contributed by atoms with Crippen LogP contribution in [0.4, 0.5) is 35.1 Å². The lowest BCUT2D eigenvalue weighted by Crippen LogP contribution is -2.46. The molecule has 31 heavy (non-hydrogen) atoms. The number of nitrogens with one attached hydrogen (secondary N) is 1. The zero-order valence-corrected chi connectivity index (χ0v) is 17.0. The van der Waals surface area contributed by atoms with E-state index < -0.39 is 52.8 Å². The highest BCUT2D eigenvalue weighted by atomic mass is 35.5. The first-order valence-electron chi connectivity index (χ1n) is 8.42. The van der Waals surface area contributed by atoms with Gasteiger partial charge >= 0.3 is 6.36 Å². The van der Waals surface area contributed by atoms with Crippen LogP contribution in [-0.4, -0.2) is 37.4 Å². The number of nitrogens with zero attached hydrogens (tertiary/aromatic N) is 1. The molecule has 174 valence electrons. The molecule has 1 saturated heterocycles. The number of ether oxygens (including phenoxy) is 1. The van der Waals surface area contributed by atoms with Gasteiger partial charge in [0.05, 0.1) is 11.6 Å². The van der Waals surface area contributed by atoms with E-state index in [1.807, 2.05) is 0 Å². The van der Waals surface area contributed by atoms with Gasteiger partial charge in [0, 0.05) is 26.2 Å². The third-order valence-corrected chi connectivity index (χ3v) is 4.46. The molecular weight excluding hydrogens is 483 g/mol. The topological polar surface area (TPSA) is 24.5 Å². The minimum absolute atomic E-state index is 0. The van der Waals surface area contributed by atoms with E-state index in [0.717, 1.165) is 24.3 Å². The van der Waals surface area contributed by atoms with E-state index in [9.17, 15) is 35.1 Å². The van der Waals surface area contributed by atoms with E-state index in [1.165, 1.54) is 4.90 Å². The Balaban J connectivity index is 0.00000240. The van der Waals surface area contributed by atoms with Gasteiger partial charge in [0.1, 0.15) is 5.75 Å². The zero-order chi connectivity index (χ0) is 21.3. The van der Waals surface area contributed by atoms with Crippen molar-refractivity contribution in [2.45, 2.75) is 12.4 Å². The monoisotopic (exact) mass is 498 g/mol. The molecule has 3 nitrogen and oxygen atoms in total. The van der Waals surface area contributed by atoms with Gasteiger partial charge in [-0.1, -0.05) is 12.1 Å². The molecule has 1 aliphatic heterocycles. The van der Waals surface area contributed by atoms with Crippen molar-refractivity contribution in [3.05, 3.63) is 64.5 Å². The molecule has 1 atom stereocenters. The quantitative estimate of drug-likeness (QED) is 0.359. The lowest BCUT2D eigenvalue weighted by molar-refractivity contribution is -0.274. The lowest BCUT2D eigenvalue weighted by atomic mass is 9.94. The number of hydrogen-bond donors (Lipinski definition) is 1. The van der Waals surface area contributed by atoms with E-state index >= 15 is 0 Å². The Labute approximate surface area is 184 Å². The first-order valence-corrected chi connectivity index (χ1v) is 8.42. The molecule has 0 spiro atoms. The van der Waals surface area contributed by atoms with Crippen LogP contribution >= 0.6 is 24.8 Å². The highest BCUT2D eigenvalue weighted by molar-refractivity contribution is 5.85. The number of rotatable bonds is 4. The van der Waals surface area contributed by atoms with Gasteiger partial charge in [0.25, 0.3) is 0 Å². The Morgan fingerprint density at radius 2 is 1.23 bits per heavy atom. The zero-order valence-electron chi connectivity index (χ0n) is 15.4. The average Bonchev–Trinajstić information content (AvgIpc) is 2.68. The standard InChI is InChI=1S/C18H14F8N2O.2ClH/c19-12-11(13(20)15(22)16(23)14(12)21)17(28-7-5-27-6-8-28)9-1-3-10(4-2-9)29-18(24,25)26;;/h1-4,17,27H,5-8H2;2*1H/t17-;;/m1../s1. The summed E-state index contributed by atoms with van der Waals surface area (Å²) in [5.41, 5.74) is -1.02. The molecule has 0 unspecified atom stereocenters. The van der Waals surface area contributed by atoms with Crippen molar-refractivity contribution in [2.75, 3.05) is 26.2 Å². The first-order chi connectivity index (χ1) is 13.6. The van der Waals surface area contributed by atoms with Gasteiger partial charge in [-0.15, -0.1) is 38.0 Å². The minimum Gasteiger partial charge on any atom is -0.406 e. The molecule has 1 aliphatic rings. The summed E-state index contributed by atoms with van der Waals surface area (Å²) < 4.78 is 111. The van der Waals surface area contributed by atoms with Crippen LogP contribution in [0.1, 0.15) is 17.2 Å². The van der Waals surface area contributed by atoms with Gasteiger partial charge in [-0.05, 0) is 17.7 Å². The molecule has 0 aliphatic carbocycles. The van der Waals surface area contributed by atoms with Crippen molar-refractivity contribution in [3.8, 4) is 5.75 Å². The first kappa shape index (κ1) is 27.2. The Kier molecular flexibility index (Phi) is 9.36. The number of benzene rings is 2. The highest BCUT2D eigenvalue weighted by Crippen LogP contribution is 2.36. The fourth-order valence-corrected chi connectivity index (χ4v) is 3.21. The predicted molar refractivity (Wildman–Crippen MR) is 100 cm³/mol. The molecule has 0 radical (unpaired) electrons. The molecule has 0 amide bonds. The van der Waals surface area contributed by atoms with Crippen molar-refractivity contribution in [3.63, 3.8) is 0 Å². The fraction of sp³-hybridized carbons (Fsp3) is 0.333. The molecule has 0 bridgehead atoms. The third-order valence-electron chi connectivity index (χ3n) is 4.46. The average molecular weight is 499 g/mol. The molecule has 13 heteroatoms. The van der Waals surface area contributed by atoms with Crippen LogP contribution in [0.25, 0.3) is 0 Å². The van der Waals surface area contributed by atoms with Crippen LogP contribution in [0.15, 0.2) is 24.3 Å². The van der Waals surface area contributed by atoms with Gasteiger partial charge in [0.15, 0.2) is 23.3 Å². The van der Waals surface area contributed by atoms with E-state index in [0.29, 0.717) is 13.1 Å². The maximum atomic E-state index is 14.5. The normalized spacial score (nSPS) is 15.6. The van der Waals surface area contributed by atoms with Crippen LogP contribution in [0.2, 0.25) is 0 Å². The molecular formula is C18H16Cl2F8N2O. The summed E-state index contributed by atoms with van der Waals surface area (Å²) in [6.07, 6.45) is -4.94. The number of halogens is 10. The largest absolute Gasteiger partial charge is 0.573 e. The van der Waals surface area contributed by atoms with E-state index in [4.69, 9.17) is 0 Å². The summed E-state index contributed by atoms with van der Waals surface area (Å²) in [6.45, 7) is 1.21. The molecule has 2 aromatic rings. The second kappa shape index (κ2) is 10.7. The van der Waals surface area contributed by atoms with Gasteiger partial charge in [-0.25, -0.2) is 22.0 Å². The van der Waals surface area contributed by atoms with Crippen LogP contribution in [0.5, 0.6) is 5.75 Å². The van der Waals surface area contributed by atoms with Gasteiger partial charge in [-0.3, -0.25) is 4.90 Å². The maximum Gasteiger partial charge on any atom is 0.573 e. The summed E-state index contributed by atoms with van der Waals surface area (Å²) in [5.74, 6) is -11.0. The van der Waals surface area contributed by atoms with Gasteiger partial charge in [0.2, 0.25) is 5.82 Å². The van der Waals surface area contributed by atoms with E-state index in [-0.39, 0.29) is 43.5 Å². The molecule has 0 aromatic heterocycles. The second-order valence-corrected chi connectivity index (χ2v) is 6.29. The van der Waals surface area contributed by atoms with E-state index in [1.54, 1.807) is 0 Å². The smallest absolute Gasteiger partial charge is 0.406 e. The van der Waals surface area contributed by atoms with Crippen molar-refractivity contribution >= 4 is 24.8 Å². The van der Waals surface area contributed by atoms with Crippen molar-refractivity contribution < 1.29 is 39.9 Å². The molecule has 3 rings (SSSR count). The SMILES string of the molecule is Cl.Cl.Fc1c(F)c(F)c([C@@H](c2ccc(OC(F)(F)F)cc2)N2CCNCC2)c(F)c1F. The summed E-state index contributed by atoms with van der Waals surface area (Å²) in [5, 5.41) is 2.99. The lowest BCUT2D eigenvalue weighted by Gasteiger charge is -2.36. The Morgan fingerprint density at radius 3 is 1.68 bits per heavy atom. The van der Waals surface area contributed by atoms with Crippen LogP contribution in [0, 0.1) is 29.1 Å². The van der Waals surface area contributed by atoms with Gasteiger partial charge < -0.3 is 10.1 Å². The number of hydrogen-bond acceptors (Lipinski definition) is 3. The molecule has 1 N–H and O–H groups in total. The van der Waals surface area contributed by atoms with E-state index in [2.05, 4.69) is 10.1 Å². The summed E-state index contributed by atoms with van der Waals surface area (Å²) >= 11 is 0. The number of alkyl halides is 3. The Morgan fingerprint density at radius 1 is 0.774 bits per heavy atom. The molecule has 0 saturated carbocycles. The predicted octanol–water partition coefficient (Wildman–Crippen LogP) is 5.12. The summed E-state index contributed by atoms with van der Waals surface area (Å²) in [7, 11) is 0. The van der Waals surface area contributed by atoms with Gasteiger partial charge in [-0.2, -0.15) is 0 Å². The van der Waals surface area contributed by atoms with Crippen molar-refractivity contribution in [1.29, 1.82) is 0 Å². The summed E-state index contributed by atoms with van der Waals surface area (Å²) in [6, 6.07) is 2.59. The second-order valence-electron chi connectivity index (χ2n) is 6.29. The third kappa shape index (κ3) is 5.91. The fourth-order valence-electron chi connectivity index (χ4n) is 3.21. The highest BCUT2D eigenvalue weighted by Gasteiger charge is 2.35. The van der Waals surface area contributed by atoms with Crippen molar-refractivity contribution in [1.82, 2.24) is 10.2 Å². The number of piperazine rings is 1. The van der Waals surface area contributed by atoms with Crippen molar-refractivity contribution in [2.24, 2.45) is 0 Å². The summed E-state index contributed by atoms with van der Waals surface area (Å²) in [4.78, 5) is 1.48. The van der Waals surface area contributed by atoms with Crippen LogP contribution < -0.4 is 10.1 Å². The Bertz CT molecular complexity index is 861. The van der Waals surface area contributed by atoms with Crippen LogP contribution in [-0.2, 0) is 0 Å². The minimum atomic E-state index is -4.94. The van der Waals surface area contributed by atoms with Crippen LogP contribution in [0.3, 0.4) is 0 Å². The molecule has 1 heterocycles. The Hall–Kier alpha value is -1.82. The maximum absolute atomic E-state index is 14.5. The molecule has 1 fully saturated rings.